The second-order valence-corrected chi connectivity index (χ2v) is 3.71. The molecule has 0 saturated heterocycles. The highest BCUT2D eigenvalue weighted by atomic mass is 16.2. The van der Waals surface area contributed by atoms with Crippen LogP contribution in [0.2, 0.25) is 0 Å². The average Bonchev–Trinajstić information content (AvgIpc) is 2.41. The molecule has 0 bridgehead atoms. The Morgan fingerprint density at radius 1 is 1.40 bits per heavy atom. The highest BCUT2D eigenvalue weighted by molar-refractivity contribution is 5.72. The van der Waals surface area contributed by atoms with E-state index in [9.17, 15) is 4.79 Å². The highest BCUT2D eigenvalue weighted by Gasteiger charge is 2.18. The zero-order valence-corrected chi connectivity index (χ0v) is 8.73. The Labute approximate surface area is 88.3 Å². The maximum absolute atomic E-state index is 11.1. The van der Waals surface area contributed by atoms with Crippen LogP contribution >= 0.6 is 0 Å². The molecule has 0 atom stereocenters. The predicted molar refractivity (Wildman–Crippen MR) is 55.3 cm³/mol. The smallest absolute Gasteiger partial charge is 0.314 e. The molecule has 5 nitrogen and oxygen atoms in total. The minimum absolute atomic E-state index is 0.353. The fourth-order valence-corrected chi connectivity index (χ4v) is 1.91. The third kappa shape index (κ3) is 1.91. The van der Waals surface area contributed by atoms with E-state index in [1.807, 2.05) is 6.92 Å². The SMILES string of the molecule is Cc1ncnc2c1CCN(C(N)=O)CC2. The number of hydrogen-bond donors (Lipinski definition) is 1. The number of carbonyl (C=O) groups is 1. The van der Waals surface area contributed by atoms with Gasteiger partial charge in [0.15, 0.2) is 0 Å². The van der Waals surface area contributed by atoms with E-state index in [4.69, 9.17) is 5.73 Å². The molecule has 80 valence electrons. The number of aromatic nitrogens is 2. The number of urea groups is 1. The first-order valence-electron chi connectivity index (χ1n) is 5.02. The maximum Gasteiger partial charge on any atom is 0.314 e. The van der Waals surface area contributed by atoms with Crippen molar-refractivity contribution in [1.82, 2.24) is 14.9 Å². The van der Waals surface area contributed by atoms with E-state index in [0.29, 0.717) is 13.1 Å². The first kappa shape index (κ1) is 9.89. The number of hydrogen-bond acceptors (Lipinski definition) is 3. The van der Waals surface area contributed by atoms with E-state index < -0.39 is 0 Å². The van der Waals surface area contributed by atoms with Crippen LogP contribution in [0.25, 0.3) is 0 Å². The minimum atomic E-state index is -0.353. The lowest BCUT2D eigenvalue weighted by molar-refractivity contribution is 0.210. The van der Waals surface area contributed by atoms with Crippen molar-refractivity contribution >= 4 is 6.03 Å². The van der Waals surface area contributed by atoms with Gasteiger partial charge in [-0.2, -0.15) is 0 Å². The Hall–Kier alpha value is -1.65. The summed E-state index contributed by atoms with van der Waals surface area (Å²) in [6.07, 6.45) is 3.14. The molecule has 0 fully saturated rings. The van der Waals surface area contributed by atoms with Crippen molar-refractivity contribution in [2.45, 2.75) is 19.8 Å². The van der Waals surface area contributed by atoms with Gasteiger partial charge in [0.05, 0.1) is 0 Å². The quantitative estimate of drug-likeness (QED) is 0.662. The van der Waals surface area contributed by atoms with Crippen molar-refractivity contribution in [1.29, 1.82) is 0 Å². The number of nitrogens with zero attached hydrogens (tertiary/aromatic N) is 3. The minimum Gasteiger partial charge on any atom is -0.351 e. The second kappa shape index (κ2) is 3.84. The Kier molecular flexibility index (Phi) is 2.53. The van der Waals surface area contributed by atoms with Crippen molar-refractivity contribution in [3.8, 4) is 0 Å². The standard InChI is InChI=1S/C10H14N4O/c1-7-8-2-4-14(10(11)15)5-3-9(8)13-6-12-7/h6H,2-5H2,1H3,(H2,11,15). The summed E-state index contributed by atoms with van der Waals surface area (Å²) in [5.74, 6) is 0. The molecule has 0 unspecified atom stereocenters. The van der Waals surface area contributed by atoms with Gasteiger partial charge in [0.2, 0.25) is 0 Å². The molecule has 2 heterocycles. The molecule has 1 aromatic heterocycles. The lowest BCUT2D eigenvalue weighted by Gasteiger charge is -2.16. The van der Waals surface area contributed by atoms with Gasteiger partial charge in [-0.3, -0.25) is 0 Å². The van der Waals surface area contributed by atoms with Crippen LogP contribution in [-0.4, -0.2) is 34.0 Å². The summed E-state index contributed by atoms with van der Waals surface area (Å²) in [7, 11) is 0. The largest absolute Gasteiger partial charge is 0.351 e. The summed E-state index contributed by atoms with van der Waals surface area (Å²) in [5, 5.41) is 0. The molecular weight excluding hydrogens is 192 g/mol. The van der Waals surface area contributed by atoms with Gasteiger partial charge in [-0.1, -0.05) is 0 Å². The molecule has 1 aliphatic rings. The molecule has 0 radical (unpaired) electrons. The van der Waals surface area contributed by atoms with Crippen molar-refractivity contribution in [2.24, 2.45) is 5.73 Å². The van der Waals surface area contributed by atoms with Gasteiger partial charge >= 0.3 is 6.03 Å². The van der Waals surface area contributed by atoms with Crippen molar-refractivity contribution in [3.63, 3.8) is 0 Å². The van der Waals surface area contributed by atoms with Crippen molar-refractivity contribution < 1.29 is 4.79 Å². The topological polar surface area (TPSA) is 72.1 Å². The maximum atomic E-state index is 11.1. The van der Waals surface area contributed by atoms with Crippen LogP contribution in [-0.2, 0) is 12.8 Å². The van der Waals surface area contributed by atoms with Crippen molar-refractivity contribution in [3.05, 3.63) is 23.3 Å². The summed E-state index contributed by atoms with van der Waals surface area (Å²) >= 11 is 0. The van der Waals surface area contributed by atoms with E-state index in [1.165, 1.54) is 5.56 Å². The van der Waals surface area contributed by atoms with Gasteiger partial charge in [0, 0.05) is 30.9 Å². The third-order valence-electron chi connectivity index (χ3n) is 2.81. The normalized spacial score (nSPS) is 15.7. The van der Waals surface area contributed by atoms with Crippen molar-refractivity contribution in [2.75, 3.05) is 13.1 Å². The lowest BCUT2D eigenvalue weighted by atomic mass is 10.1. The van der Waals surface area contributed by atoms with Gasteiger partial charge in [-0.15, -0.1) is 0 Å². The van der Waals surface area contributed by atoms with Crippen LogP contribution in [0, 0.1) is 6.92 Å². The van der Waals surface area contributed by atoms with Gasteiger partial charge in [0.1, 0.15) is 6.33 Å². The average molecular weight is 206 g/mol. The van der Waals surface area contributed by atoms with E-state index in [2.05, 4.69) is 9.97 Å². The van der Waals surface area contributed by atoms with Crippen LogP contribution in [0.5, 0.6) is 0 Å². The Balaban J connectivity index is 2.25. The Morgan fingerprint density at radius 2 is 2.13 bits per heavy atom. The van der Waals surface area contributed by atoms with Gasteiger partial charge < -0.3 is 10.6 Å². The fourth-order valence-electron chi connectivity index (χ4n) is 1.91. The first-order chi connectivity index (χ1) is 7.18. The summed E-state index contributed by atoms with van der Waals surface area (Å²) in [6, 6.07) is -0.353. The first-order valence-corrected chi connectivity index (χ1v) is 5.02. The summed E-state index contributed by atoms with van der Waals surface area (Å²) < 4.78 is 0. The zero-order valence-electron chi connectivity index (χ0n) is 8.73. The Morgan fingerprint density at radius 3 is 2.87 bits per heavy atom. The number of nitrogens with two attached hydrogens (primary N) is 1. The number of amides is 2. The second-order valence-electron chi connectivity index (χ2n) is 3.71. The molecule has 0 spiro atoms. The molecule has 1 aromatic rings. The van der Waals surface area contributed by atoms with Crippen LogP contribution < -0.4 is 5.73 Å². The van der Waals surface area contributed by atoms with Gasteiger partial charge in [-0.25, -0.2) is 14.8 Å². The van der Waals surface area contributed by atoms with E-state index >= 15 is 0 Å². The van der Waals surface area contributed by atoms with Crippen LogP contribution in [0.1, 0.15) is 17.0 Å². The molecule has 2 N–H and O–H groups in total. The number of fused-ring (bicyclic) bond motifs is 1. The summed E-state index contributed by atoms with van der Waals surface area (Å²) in [4.78, 5) is 21.1. The highest BCUT2D eigenvalue weighted by Crippen LogP contribution is 2.15. The summed E-state index contributed by atoms with van der Waals surface area (Å²) in [5.41, 5.74) is 8.48. The molecule has 0 aromatic carbocycles. The van der Waals surface area contributed by atoms with Crippen LogP contribution in [0.3, 0.4) is 0 Å². The molecule has 0 aliphatic carbocycles. The molecule has 2 amide bonds. The molecule has 2 rings (SSSR count). The molecule has 1 aliphatic heterocycles. The van der Waals surface area contributed by atoms with E-state index in [1.54, 1.807) is 11.2 Å². The monoisotopic (exact) mass is 206 g/mol. The molecule has 0 saturated carbocycles. The van der Waals surface area contributed by atoms with E-state index in [-0.39, 0.29) is 6.03 Å². The Bertz CT molecular complexity index is 391. The van der Waals surface area contributed by atoms with Gasteiger partial charge in [0.25, 0.3) is 0 Å². The zero-order chi connectivity index (χ0) is 10.8. The van der Waals surface area contributed by atoms with Crippen LogP contribution in [0.4, 0.5) is 4.79 Å². The summed E-state index contributed by atoms with van der Waals surface area (Å²) in [6.45, 7) is 3.29. The molecular formula is C10H14N4O. The third-order valence-corrected chi connectivity index (χ3v) is 2.81. The number of carbonyl (C=O) groups excluding carboxylic acids is 1. The van der Waals surface area contributed by atoms with E-state index in [0.717, 1.165) is 24.2 Å². The fraction of sp³-hybridized carbons (Fsp3) is 0.500. The van der Waals surface area contributed by atoms with Gasteiger partial charge in [-0.05, 0) is 18.9 Å². The number of primary amides is 1. The van der Waals surface area contributed by atoms with Crippen LogP contribution in [0.15, 0.2) is 6.33 Å². The number of aryl methyl sites for hydroxylation is 1. The predicted octanol–water partition coefficient (Wildman–Crippen LogP) is 0.264. The molecule has 15 heavy (non-hydrogen) atoms. The molecule has 5 heteroatoms. The number of rotatable bonds is 0. The lowest BCUT2D eigenvalue weighted by Crippen LogP contribution is -2.37.